The minimum absolute atomic E-state index is 0.399. The monoisotopic (exact) mass is 215 g/mol. The zero-order chi connectivity index (χ0) is 11.1. The molecule has 0 aromatic carbocycles. The lowest BCUT2D eigenvalue weighted by Gasteiger charge is -2.34. The average molecular weight is 215 g/mol. The van der Waals surface area contributed by atoms with Crippen LogP contribution in [0.1, 0.15) is 32.6 Å². The zero-order valence-electron chi connectivity index (χ0n) is 10.3. The van der Waals surface area contributed by atoms with Gasteiger partial charge in [0, 0.05) is 26.4 Å². The van der Waals surface area contributed by atoms with Gasteiger partial charge < -0.3 is 14.8 Å². The molecule has 1 rings (SSSR count). The second-order valence-electron chi connectivity index (χ2n) is 4.57. The smallest absolute Gasteiger partial charge is 0.0730 e. The van der Waals surface area contributed by atoms with Crippen LogP contribution in [0, 0.1) is 5.92 Å². The van der Waals surface area contributed by atoms with E-state index in [1.54, 1.807) is 7.11 Å². The van der Waals surface area contributed by atoms with Gasteiger partial charge in [-0.3, -0.25) is 0 Å². The standard InChI is InChI=1S/C12H25NO2/c1-10-5-6-11(13-2)12(9-10)15-8-4-7-14-3/h10-13H,4-9H2,1-3H3. The molecule has 15 heavy (non-hydrogen) atoms. The number of likely N-dealkylation sites (N-methyl/N-ethyl adjacent to an activating group) is 1. The second-order valence-corrected chi connectivity index (χ2v) is 4.57. The molecular formula is C12H25NO2. The van der Waals surface area contributed by atoms with Crippen molar-refractivity contribution in [3.05, 3.63) is 0 Å². The van der Waals surface area contributed by atoms with E-state index < -0.39 is 0 Å². The molecular weight excluding hydrogens is 190 g/mol. The lowest BCUT2D eigenvalue weighted by molar-refractivity contribution is -0.0124. The van der Waals surface area contributed by atoms with Gasteiger partial charge in [-0.15, -0.1) is 0 Å². The molecule has 1 fully saturated rings. The fourth-order valence-corrected chi connectivity index (χ4v) is 2.28. The van der Waals surface area contributed by atoms with Gasteiger partial charge in [0.1, 0.15) is 0 Å². The van der Waals surface area contributed by atoms with Gasteiger partial charge in [-0.2, -0.15) is 0 Å². The molecule has 0 aliphatic heterocycles. The van der Waals surface area contributed by atoms with Crippen LogP contribution in [-0.2, 0) is 9.47 Å². The Morgan fingerprint density at radius 3 is 2.73 bits per heavy atom. The van der Waals surface area contributed by atoms with Crippen molar-refractivity contribution in [3.63, 3.8) is 0 Å². The molecule has 0 aromatic heterocycles. The van der Waals surface area contributed by atoms with Crippen LogP contribution in [0.4, 0.5) is 0 Å². The maximum Gasteiger partial charge on any atom is 0.0730 e. The van der Waals surface area contributed by atoms with E-state index in [1.807, 2.05) is 7.05 Å². The Balaban J connectivity index is 2.22. The first-order chi connectivity index (χ1) is 7.27. The van der Waals surface area contributed by atoms with E-state index in [0.717, 1.165) is 25.6 Å². The molecule has 3 nitrogen and oxygen atoms in total. The summed E-state index contributed by atoms with van der Waals surface area (Å²) in [5.74, 6) is 0.807. The molecule has 3 heteroatoms. The van der Waals surface area contributed by atoms with E-state index in [1.165, 1.54) is 19.3 Å². The summed E-state index contributed by atoms with van der Waals surface area (Å²) in [5.41, 5.74) is 0. The van der Waals surface area contributed by atoms with Crippen LogP contribution in [0.15, 0.2) is 0 Å². The van der Waals surface area contributed by atoms with Gasteiger partial charge in [0.15, 0.2) is 0 Å². The maximum absolute atomic E-state index is 5.92. The van der Waals surface area contributed by atoms with Crippen molar-refractivity contribution < 1.29 is 9.47 Å². The third-order valence-electron chi connectivity index (χ3n) is 3.25. The van der Waals surface area contributed by atoms with Crippen molar-refractivity contribution in [1.82, 2.24) is 5.32 Å². The summed E-state index contributed by atoms with van der Waals surface area (Å²) in [6, 6.07) is 0.545. The SMILES string of the molecule is CNC1CCC(C)CC1OCCCOC. The summed E-state index contributed by atoms with van der Waals surface area (Å²) in [7, 11) is 3.77. The highest BCUT2D eigenvalue weighted by Crippen LogP contribution is 2.26. The summed E-state index contributed by atoms with van der Waals surface area (Å²) in [5, 5.41) is 3.36. The summed E-state index contributed by atoms with van der Waals surface area (Å²) < 4.78 is 10.9. The van der Waals surface area contributed by atoms with Crippen LogP contribution >= 0.6 is 0 Å². The zero-order valence-corrected chi connectivity index (χ0v) is 10.3. The lowest BCUT2D eigenvalue weighted by atomic mass is 9.85. The molecule has 90 valence electrons. The number of hydrogen-bond donors (Lipinski definition) is 1. The quantitative estimate of drug-likeness (QED) is 0.686. The van der Waals surface area contributed by atoms with Crippen LogP contribution in [0.25, 0.3) is 0 Å². The van der Waals surface area contributed by atoms with Crippen LogP contribution < -0.4 is 5.32 Å². The van der Waals surface area contributed by atoms with Crippen molar-refractivity contribution in [1.29, 1.82) is 0 Å². The minimum Gasteiger partial charge on any atom is -0.385 e. The van der Waals surface area contributed by atoms with Crippen molar-refractivity contribution >= 4 is 0 Å². The molecule has 0 bridgehead atoms. The molecule has 3 atom stereocenters. The Morgan fingerprint density at radius 2 is 2.07 bits per heavy atom. The van der Waals surface area contributed by atoms with E-state index in [-0.39, 0.29) is 0 Å². The Hall–Kier alpha value is -0.120. The summed E-state index contributed by atoms with van der Waals surface area (Å²) in [6.07, 6.45) is 5.16. The molecule has 0 radical (unpaired) electrons. The van der Waals surface area contributed by atoms with Crippen molar-refractivity contribution in [2.75, 3.05) is 27.4 Å². The second kappa shape index (κ2) is 7.20. The Kier molecular flexibility index (Phi) is 6.22. The molecule has 1 N–H and O–H groups in total. The van der Waals surface area contributed by atoms with Gasteiger partial charge in [-0.25, -0.2) is 0 Å². The normalized spacial score (nSPS) is 31.8. The highest BCUT2D eigenvalue weighted by atomic mass is 16.5. The number of hydrogen-bond acceptors (Lipinski definition) is 3. The molecule has 0 spiro atoms. The molecule has 1 aliphatic carbocycles. The van der Waals surface area contributed by atoms with Crippen LogP contribution in [0.3, 0.4) is 0 Å². The van der Waals surface area contributed by atoms with Crippen LogP contribution in [-0.4, -0.2) is 39.5 Å². The summed E-state index contributed by atoms with van der Waals surface area (Å²) >= 11 is 0. The maximum atomic E-state index is 5.92. The number of methoxy groups -OCH3 is 1. The molecule has 1 saturated carbocycles. The molecule has 0 saturated heterocycles. The molecule has 0 amide bonds. The summed E-state index contributed by atoms with van der Waals surface area (Å²) in [6.45, 7) is 3.94. The van der Waals surface area contributed by atoms with Gasteiger partial charge in [-0.05, 0) is 38.6 Å². The van der Waals surface area contributed by atoms with Gasteiger partial charge in [0.05, 0.1) is 6.10 Å². The van der Waals surface area contributed by atoms with E-state index in [9.17, 15) is 0 Å². The van der Waals surface area contributed by atoms with Gasteiger partial charge in [-0.1, -0.05) is 6.92 Å². The fraction of sp³-hybridized carbons (Fsp3) is 1.00. The topological polar surface area (TPSA) is 30.5 Å². The van der Waals surface area contributed by atoms with Crippen molar-refractivity contribution in [3.8, 4) is 0 Å². The highest BCUT2D eigenvalue weighted by Gasteiger charge is 2.27. The first-order valence-electron chi connectivity index (χ1n) is 6.05. The van der Waals surface area contributed by atoms with E-state index in [0.29, 0.717) is 12.1 Å². The number of rotatable bonds is 6. The molecule has 1 aliphatic rings. The van der Waals surface area contributed by atoms with Gasteiger partial charge in [0.2, 0.25) is 0 Å². The van der Waals surface area contributed by atoms with Crippen molar-refractivity contribution in [2.24, 2.45) is 5.92 Å². The van der Waals surface area contributed by atoms with Crippen LogP contribution in [0.5, 0.6) is 0 Å². The molecule has 0 heterocycles. The lowest BCUT2D eigenvalue weighted by Crippen LogP contribution is -2.43. The Morgan fingerprint density at radius 1 is 1.27 bits per heavy atom. The first-order valence-corrected chi connectivity index (χ1v) is 6.05. The minimum atomic E-state index is 0.399. The Labute approximate surface area is 93.5 Å². The average Bonchev–Trinajstić information content (AvgIpc) is 2.25. The summed E-state index contributed by atoms with van der Waals surface area (Å²) in [4.78, 5) is 0. The van der Waals surface area contributed by atoms with Crippen LogP contribution in [0.2, 0.25) is 0 Å². The number of ether oxygens (including phenoxy) is 2. The molecule has 3 unspecified atom stereocenters. The van der Waals surface area contributed by atoms with Crippen molar-refractivity contribution in [2.45, 2.75) is 44.8 Å². The first kappa shape index (κ1) is 12.9. The molecule has 0 aromatic rings. The predicted molar refractivity (Wildman–Crippen MR) is 62.1 cm³/mol. The van der Waals surface area contributed by atoms with E-state index in [4.69, 9.17) is 9.47 Å². The largest absolute Gasteiger partial charge is 0.385 e. The van der Waals surface area contributed by atoms with E-state index in [2.05, 4.69) is 12.2 Å². The predicted octanol–water partition coefficient (Wildman–Crippen LogP) is 1.82. The van der Waals surface area contributed by atoms with Gasteiger partial charge >= 0.3 is 0 Å². The number of nitrogens with one attached hydrogen (secondary N) is 1. The fourth-order valence-electron chi connectivity index (χ4n) is 2.28. The van der Waals surface area contributed by atoms with E-state index >= 15 is 0 Å². The third-order valence-corrected chi connectivity index (χ3v) is 3.25. The van der Waals surface area contributed by atoms with Gasteiger partial charge in [0.25, 0.3) is 0 Å². The Bertz CT molecular complexity index is 164. The highest BCUT2D eigenvalue weighted by molar-refractivity contribution is 4.83. The third kappa shape index (κ3) is 4.49.